The van der Waals surface area contributed by atoms with Crippen LogP contribution in [0.25, 0.3) is 11.2 Å². The highest BCUT2D eigenvalue weighted by Gasteiger charge is 2.49. The van der Waals surface area contributed by atoms with Crippen LogP contribution in [0.3, 0.4) is 0 Å². The second-order valence-electron chi connectivity index (χ2n) is 8.14. The largest absolute Gasteiger partial charge is 0.433 e. The molecule has 8 nitrogen and oxygen atoms in total. The van der Waals surface area contributed by atoms with Crippen molar-refractivity contribution in [3.63, 3.8) is 0 Å². The second-order valence-corrected chi connectivity index (χ2v) is 8.14. The number of aromatic amines is 1. The molecule has 0 bridgehead atoms. The normalized spacial score (nSPS) is 18.4. The molecule has 1 N–H and O–H groups in total. The first-order valence-corrected chi connectivity index (χ1v) is 9.89. The minimum atomic E-state index is -4.48. The van der Waals surface area contributed by atoms with Crippen molar-refractivity contribution in [2.45, 2.75) is 32.9 Å². The van der Waals surface area contributed by atoms with Crippen molar-refractivity contribution in [3.05, 3.63) is 29.5 Å². The molecule has 5 rings (SSSR count). The van der Waals surface area contributed by atoms with Gasteiger partial charge in [-0.1, -0.05) is 6.92 Å². The number of aryl methyl sites for hydroxylation is 2. The molecule has 0 aromatic carbocycles. The van der Waals surface area contributed by atoms with Gasteiger partial charge in [0.25, 0.3) is 0 Å². The van der Waals surface area contributed by atoms with Gasteiger partial charge in [-0.25, -0.2) is 19.9 Å². The van der Waals surface area contributed by atoms with E-state index in [0.29, 0.717) is 24.6 Å². The highest BCUT2D eigenvalue weighted by Crippen LogP contribution is 2.43. The summed E-state index contributed by atoms with van der Waals surface area (Å²) in [6, 6.07) is 1.04. The minimum Gasteiger partial charge on any atom is -0.355 e. The summed E-state index contributed by atoms with van der Waals surface area (Å²) in [5, 5.41) is 7.21. The number of nitrogens with zero attached hydrogens (tertiary/aromatic N) is 7. The molecule has 0 aliphatic carbocycles. The molecule has 0 amide bonds. The zero-order valence-electron chi connectivity index (χ0n) is 16.7. The quantitative estimate of drug-likeness (QED) is 0.700. The second kappa shape index (κ2) is 6.51. The monoisotopic (exact) mass is 418 g/mol. The van der Waals surface area contributed by atoms with Gasteiger partial charge in [0, 0.05) is 37.7 Å². The molecule has 158 valence electrons. The van der Waals surface area contributed by atoms with Crippen molar-refractivity contribution < 1.29 is 13.2 Å². The van der Waals surface area contributed by atoms with Gasteiger partial charge >= 0.3 is 6.18 Å². The van der Waals surface area contributed by atoms with E-state index >= 15 is 0 Å². The molecule has 2 aliphatic heterocycles. The molecule has 5 heterocycles. The number of nitrogens with one attached hydrogen (secondary N) is 1. The molecule has 3 aromatic heterocycles. The number of anilines is 2. The summed E-state index contributed by atoms with van der Waals surface area (Å²) in [6.07, 6.45) is -0.946. The van der Waals surface area contributed by atoms with E-state index in [4.69, 9.17) is 0 Å². The number of alkyl halides is 3. The molecule has 0 unspecified atom stereocenters. The highest BCUT2D eigenvalue weighted by molar-refractivity contribution is 5.74. The first-order chi connectivity index (χ1) is 14.3. The molecule has 0 radical (unpaired) electrons. The maximum absolute atomic E-state index is 13.1. The summed E-state index contributed by atoms with van der Waals surface area (Å²) in [4.78, 5) is 21.0. The summed E-state index contributed by atoms with van der Waals surface area (Å²) in [5.41, 5.74) is 1.50. The molecular formula is C19H21F3N8. The zero-order chi connectivity index (χ0) is 21.1. The Morgan fingerprint density at radius 1 is 1.10 bits per heavy atom. The van der Waals surface area contributed by atoms with Crippen molar-refractivity contribution in [2.75, 3.05) is 36.0 Å². The predicted octanol–water partition coefficient (Wildman–Crippen LogP) is 2.75. The van der Waals surface area contributed by atoms with E-state index in [0.717, 1.165) is 49.0 Å². The summed E-state index contributed by atoms with van der Waals surface area (Å²) in [5.74, 6) is 1.25. The van der Waals surface area contributed by atoms with Crippen LogP contribution in [-0.4, -0.2) is 56.3 Å². The smallest absolute Gasteiger partial charge is 0.355 e. The van der Waals surface area contributed by atoms with E-state index < -0.39 is 11.9 Å². The maximum atomic E-state index is 13.1. The van der Waals surface area contributed by atoms with Crippen LogP contribution in [0.2, 0.25) is 0 Å². The third-order valence-corrected chi connectivity index (χ3v) is 5.93. The van der Waals surface area contributed by atoms with Gasteiger partial charge in [0.05, 0.1) is 11.9 Å². The number of hydrogen-bond donors (Lipinski definition) is 1. The van der Waals surface area contributed by atoms with E-state index in [9.17, 15) is 13.2 Å². The van der Waals surface area contributed by atoms with Crippen LogP contribution in [-0.2, 0) is 12.6 Å². The van der Waals surface area contributed by atoms with Gasteiger partial charge < -0.3 is 9.80 Å². The van der Waals surface area contributed by atoms with Crippen LogP contribution in [0.15, 0.2) is 12.3 Å². The summed E-state index contributed by atoms with van der Waals surface area (Å²) in [6.45, 7) is 6.45. The summed E-state index contributed by atoms with van der Waals surface area (Å²) >= 11 is 0. The van der Waals surface area contributed by atoms with Crippen LogP contribution >= 0.6 is 0 Å². The molecule has 2 aliphatic rings. The van der Waals surface area contributed by atoms with Crippen molar-refractivity contribution in [1.29, 1.82) is 0 Å². The summed E-state index contributed by atoms with van der Waals surface area (Å²) in [7, 11) is 0. The van der Waals surface area contributed by atoms with Crippen molar-refractivity contribution in [3.8, 4) is 0 Å². The number of hydrogen-bond acceptors (Lipinski definition) is 7. The fraction of sp³-hybridized carbons (Fsp3) is 0.526. The molecule has 0 saturated carbocycles. The minimum absolute atomic E-state index is 0.0219. The third-order valence-electron chi connectivity index (χ3n) is 5.93. The average molecular weight is 418 g/mol. The fourth-order valence-corrected chi connectivity index (χ4v) is 4.41. The number of halogens is 3. The van der Waals surface area contributed by atoms with Crippen molar-refractivity contribution in [2.24, 2.45) is 5.41 Å². The maximum Gasteiger partial charge on any atom is 0.433 e. The van der Waals surface area contributed by atoms with Gasteiger partial charge in [-0.15, -0.1) is 0 Å². The van der Waals surface area contributed by atoms with E-state index in [1.807, 2.05) is 11.8 Å². The molecule has 30 heavy (non-hydrogen) atoms. The first kappa shape index (κ1) is 19.0. The Kier molecular flexibility index (Phi) is 4.13. The van der Waals surface area contributed by atoms with Crippen LogP contribution in [0.1, 0.15) is 30.6 Å². The standard InChI is InChI=1S/C19H21F3N8/c1-3-12-16-17(28-27-12)26-15(7-23-16)29-5-4-18(8-29)9-30(10-18)14-6-13(19(20,21)22)24-11(2)25-14/h6-7H,3-5,8-10H2,1-2H3,(H,26,27,28). The van der Waals surface area contributed by atoms with Crippen LogP contribution < -0.4 is 9.80 Å². The Morgan fingerprint density at radius 2 is 1.87 bits per heavy atom. The van der Waals surface area contributed by atoms with Gasteiger partial charge in [0.2, 0.25) is 5.65 Å². The van der Waals surface area contributed by atoms with Crippen molar-refractivity contribution in [1.82, 2.24) is 30.1 Å². The van der Waals surface area contributed by atoms with Gasteiger partial charge in [-0.05, 0) is 19.8 Å². The lowest BCUT2D eigenvalue weighted by molar-refractivity contribution is -0.141. The first-order valence-electron chi connectivity index (χ1n) is 9.89. The molecule has 0 atom stereocenters. The van der Waals surface area contributed by atoms with Crippen LogP contribution in [0.4, 0.5) is 24.8 Å². The predicted molar refractivity (Wildman–Crippen MR) is 104 cm³/mol. The summed E-state index contributed by atoms with van der Waals surface area (Å²) < 4.78 is 39.2. The molecule has 2 fully saturated rings. The fourth-order valence-electron chi connectivity index (χ4n) is 4.41. The number of fused-ring (bicyclic) bond motifs is 1. The number of rotatable bonds is 3. The molecule has 1 spiro atoms. The molecule has 3 aromatic rings. The van der Waals surface area contributed by atoms with Crippen LogP contribution in [0, 0.1) is 12.3 Å². The number of H-pyrrole nitrogens is 1. The van der Waals surface area contributed by atoms with Crippen LogP contribution in [0.5, 0.6) is 0 Å². The Labute approximate surface area is 170 Å². The lowest BCUT2D eigenvalue weighted by atomic mass is 9.79. The number of aromatic nitrogens is 6. The highest BCUT2D eigenvalue weighted by atomic mass is 19.4. The molecule has 2 saturated heterocycles. The molecular weight excluding hydrogens is 397 g/mol. The molecule has 11 heteroatoms. The lowest BCUT2D eigenvalue weighted by Crippen LogP contribution is -2.58. The SMILES string of the molecule is CCc1[nH]nc2nc(N3CCC4(CN(c5cc(C(F)(F)F)nc(C)n5)C4)C3)cnc12. The average Bonchev–Trinajstić information content (AvgIpc) is 3.29. The Balaban J connectivity index is 1.30. The topological polar surface area (TPSA) is 86.7 Å². The lowest BCUT2D eigenvalue weighted by Gasteiger charge is -2.48. The van der Waals surface area contributed by atoms with Gasteiger partial charge in [0.15, 0.2) is 0 Å². The Bertz CT molecular complexity index is 1100. The van der Waals surface area contributed by atoms with E-state index in [-0.39, 0.29) is 11.2 Å². The zero-order valence-corrected chi connectivity index (χ0v) is 16.7. The van der Waals surface area contributed by atoms with E-state index in [1.54, 1.807) is 6.20 Å². The van der Waals surface area contributed by atoms with Gasteiger partial charge in [-0.2, -0.15) is 18.3 Å². The van der Waals surface area contributed by atoms with Gasteiger partial charge in [-0.3, -0.25) is 5.10 Å². The van der Waals surface area contributed by atoms with E-state index in [2.05, 4.69) is 35.0 Å². The van der Waals surface area contributed by atoms with Gasteiger partial charge in [0.1, 0.15) is 28.7 Å². The van der Waals surface area contributed by atoms with E-state index in [1.165, 1.54) is 6.92 Å². The third kappa shape index (κ3) is 3.12. The Morgan fingerprint density at radius 3 is 2.60 bits per heavy atom. The Hall–Kier alpha value is -2.98. The van der Waals surface area contributed by atoms with Crippen molar-refractivity contribution >= 4 is 22.8 Å².